The molecule has 0 radical (unpaired) electrons. The van der Waals surface area contributed by atoms with Crippen LogP contribution >= 0.6 is 71.9 Å². The van der Waals surface area contributed by atoms with Crippen LogP contribution in [0.2, 0.25) is 0 Å². The van der Waals surface area contributed by atoms with Crippen LogP contribution in [-0.2, 0) is 4.74 Å². The zero-order valence-corrected chi connectivity index (χ0v) is 67.2. The van der Waals surface area contributed by atoms with Crippen LogP contribution < -0.4 is 49.7 Å². The largest absolute Gasteiger partial charge is 0.489 e. The summed E-state index contributed by atoms with van der Waals surface area (Å²) in [7, 11) is 0. The molecule has 29 heteroatoms. The lowest BCUT2D eigenvalue weighted by atomic mass is 10.0. The van der Waals surface area contributed by atoms with Gasteiger partial charge in [0, 0.05) is 88.3 Å². The number of hydrogen-bond donors (Lipinski definition) is 5. The molecule has 5 N–H and O–H groups in total. The number of nitrogens with zero attached hydrogens (tertiary/aromatic N) is 4. The first-order valence-electron chi connectivity index (χ1n) is 37.1. The molecule has 0 aliphatic carbocycles. The number of rotatable bonds is 47. The average Bonchev–Trinajstić information content (AvgIpc) is 1.08. The summed E-state index contributed by atoms with van der Waals surface area (Å²) in [5, 5.41) is 23.1. The number of aliphatic hydroxyl groups is 1. The van der Waals surface area contributed by atoms with Gasteiger partial charge in [0.2, 0.25) is 0 Å². The van der Waals surface area contributed by atoms with Crippen molar-refractivity contribution in [1.29, 1.82) is 0 Å². The number of benzene rings is 3. The number of unbranched alkanes of at least 4 members (excludes halogenated alkanes) is 7. The van der Waals surface area contributed by atoms with Crippen molar-refractivity contribution in [1.82, 2.24) is 40.9 Å². The third-order valence-corrected chi connectivity index (χ3v) is 21.2. The van der Waals surface area contributed by atoms with Gasteiger partial charge in [0.15, 0.2) is 34.5 Å². The van der Waals surface area contributed by atoms with Crippen molar-refractivity contribution in [2.24, 2.45) is 0 Å². The van der Waals surface area contributed by atoms with Gasteiger partial charge in [0.05, 0.1) is 73.0 Å². The van der Waals surface area contributed by atoms with Gasteiger partial charge in [-0.25, -0.2) is 4.79 Å². The fourth-order valence-electron chi connectivity index (χ4n) is 11.3. The highest BCUT2D eigenvalue weighted by Crippen LogP contribution is 2.41. The van der Waals surface area contributed by atoms with Gasteiger partial charge in [0.1, 0.15) is 18.6 Å². The first-order valence-corrected chi connectivity index (χ1v) is 41.3. The number of hydrogen-bond acceptors (Lipinski definition) is 22. The number of ether oxygens (including phenoxy) is 7. The summed E-state index contributed by atoms with van der Waals surface area (Å²) in [6, 6.07) is 8.04. The minimum Gasteiger partial charge on any atom is -0.489 e. The number of nitrogens with one attached hydrogen (secondary N) is 4. The van der Waals surface area contributed by atoms with Crippen LogP contribution in [0.3, 0.4) is 0 Å². The Balaban J connectivity index is 1.47. The van der Waals surface area contributed by atoms with Gasteiger partial charge in [-0.15, -0.1) is 0 Å². The summed E-state index contributed by atoms with van der Waals surface area (Å²) >= 11 is 21.1. The van der Waals surface area contributed by atoms with Crippen molar-refractivity contribution >= 4 is 126 Å². The Bertz CT molecular complexity index is 3380. The monoisotopic (exact) mass is 1550 g/mol. The Hall–Kier alpha value is -6.21. The zero-order chi connectivity index (χ0) is 75.6. The molecule has 3 aliphatic heterocycles. The van der Waals surface area contributed by atoms with Crippen molar-refractivity contribution < 1.29 is 71.8 Å². The zero-order valence-electron chi connectivity index (χ0n) is 62.3. The van der Waals surface area contributed by atoms with E-state index in [9.17, 15) is 29.1 Å². The number of carbonyl (C=O) groups is 7. The van der Waals surface area contributed by atoms with Gasteiger partial charge in [0.25, 0.3) is 35.4 Å². The van der Waals surface area contributed by atoms with E-state index in [1.165, 1.54) is 50.0 Å². The molecule has 6 rings (SSSR count). The number of thiocarbonyl (C=S) groups is 3. The Morgan fingerprint density at radius 1 is 0.452 bits per heavy atom. The van der Waals surface area contributed by atoms with E-state index in [4.69, 9.17) is 69.8 Å². The van der Waals surface area contributed by atoms with Crippen LogP contribution in [0, 0.1) is 0 Å². The molecule has 3 aliphatic rings. The summed E-state index contributed by atoms with van der Waals surface area (Å²) < 4.78 is 45.7. The fourth-order valence-corrected chi connectivity index (χ4v) is 14.9. The normalized spacial score (nSPS) is 14.3. The molecule has 0 spiro atoms. The highest BCUT2D eigenvalue weighted by Gasteiger charge is 2.36. The average molecular weight is 1560 g/mol. The maximum Gasteiger partial charge on any atom is 0.407 e. The minimum atomic E-state index is -0.728. The van der Waals surface area contributed by atoms with E-state index in [0.717, 1.165) is 38.5 Å². The van der Waals surface area contributed by atoms with Crippen molar-refractivity contribution in [3.8, 4) is 34.5 Å². The summed E-state index contributed by atoms with van der Waals surface area (Å²) in [4.78, 5) is 108. The Morgan fingerprint density at radius 3 is 1.08 bits per heavy atom. The van der Waals surface area contributed by atoms with Gasteiger partial charge < -0.3 is 59.5 Å². The van der Waals surface area contributed by atoms with Crippen molar-refractivity contribution in [3.63, 3.8) is 0 Å². The van der Waals surface area contributed by atoms with Gasteiger partial charge in [-0.05, 0) is 128 Å². The molecule has 0 aromatic heterocycles. The smallest absolute Gasteiger partial charge is 0.407 e. The fraction of sp³-hybridized carbons (Fsp3) is 0.627. The van der Waals surface area contributed by atoms with Crippen molar-refractivity contribution in [2.75, 3.05) is 116 Å². The molecule has 23 nitrogen and oxygen atoms in total. The third-order valence-electron chi connectivity index (χ3n) is 16.9. The molecule has 3 saturated heterocycles. The molecule has 3 aromatic rings. The highest BCUT2D eigenvalue weighted by atomic mass is 32.2. The molecule has 3 heterocycles. The molecule has 104 heavy (non-hydrogen) atoms. The number of aliphatic hydroxyl groups excluding tert-OH is 1. The van der Waals surface area contributed by atoms with E-state index in [0.29, 0.717) is 108 Å². The molecule has 2 atom stereocenters. The minimum absolute atomic E-state index is 0.00497. The summed E-state index contributed by atoms with van der Waals surface area (Å²) in [5.41, 5.74) is 0.289. The molecule has 576 valence electrons. The molecule has 0 unspecified atom stereocenters. The summed E-state index contributed by atoms with van der Waals surface area (Å²) in [6.45, 7) is 20.5. The van der Waals surface area contributed by atoms with Crippen molar-refractivity contribution in [3.05, 3.63) is 69.8 Å². The predicted octanol–water partition coefficient (Wildman–Crippen LogP) is 13.3. The molecule has 0 saturated carbocycles. The SMILES string of the molecule is CCCCOc1c(C(=O)NCCN(C[C@H](CCCO)NC(=O)c2ccc(C(=O)N3CCSC3=S)c(OCCCC)c2OCCCC)C[C@H](CCCCNC(=O)OC(C)(C)C)NC(=O)c2ccc(C(=O)N3CCSC3=S)c(OCCCC)c2OCCCC)ccc(C(=O)N2CCSC2=S)c1OCCCC. The van der Waals surface area contributed by atoms with E-state index in [2.05, 4.69) is 21.3 Å². The van der Waals surface area contributed by atoms with Crippen LogP contribution in [0.25, 0.3) is 0 Å². The van der Waals surface area contributed by atoms with Crippen LogP contribution in [0.5, 0.6) is 34.5 Å². The lowest BCUT2D eigenvalue weighted by Crippen LogP contribution is -2.51. The highest BCUT2D eigenvalue weighted by molar-refractivity contribution is 8.24. The predicted molar refractivity (Wildman–Crippen MR) is 426 cm³/mol. The Morgan fingerprint density at radius 2 is 0.769 bits per heavy atom. The molecular formula is C75H110N8O15S6. The topological polar surface area (TPSA) is 265 Å². The second-order valence-electron chi connectivity index (χ2n) is 26.5. The molecule has 3 aromatic carbocycles. The number of alkyl carbamates (subject to hydrolysis) is 1. The first kappa shape index (κ1) is 86.7. The van der Waals surface area contributed by atoms with Crippen molar-refractivity contribution in [2.45, 2.75) is 189 Å². The van der Waals surface area contributed by atoms with Crippen LogP contribution in [0.4, 0.5) is 4.79 Å². The van der Waals surface area contributed by atoms with Crippen LogP contribution in [0.15, 0.2) is 36.4 Å². The first-order chi connectivity index (χ1) is 50.1. The molecule has 7 amide bonds. The summed E-state index contributed by atoms with van der Waals surface area (Å²) in [5.74, 6) is 0.0316. The van der Waals surface area contributed by atoms with Gasteiger partial charge >= 0.3 is 6.09 Å². The molecular weight excluding hydrogens is 1450 g/mol. The quantitative estimate of drug-likeness (QED) is 0.0260. The van der Waals surface area contributed by atoms with Gasteiger partial charge in [-0.2, -0.15) is 0 Å². The van der Waals surface area contributed by atoms with E-state index in [1.54, 1.807) is 57.2 Å². The van der Waals surface area contributed by atoms with Crippen LogP contribution in [0.1, 0.15) is 234 Å². The van der Waals surface area contributed by atoms with E-state index >= 15 is 9.59 Å². The number of carbonyl (C=O) groups excluding carboxylic acids is 7. The van der Waals surface area contributed by atoms with Crippen LogP contribution in [-0.4, -0.2) is 213 Å². The lowest BCUT2D eigenvalue weighted by molar-refractivity contribution is 0.0525. The third kappa shape index (κ3) is 26.6. The molecule has 3 fully saturated rings. The Labute approximate surface area is 644 Å². The maximum absolute atomic E-state index is 15.5. The molecule has 0 bridgehead atoms. The Kier molecular flexibility index (Phi) is 38.4. The van der Waals surface area contributed by atoms with E-state index < -0.39 is 41.5 Å². The van der Waals surface area contributed by atoms with E-state index in [-0.39, 0.29) is 177 Å². The van der Waals surface area contributed by atoms with Gasteiger partial charge in [-0.3, -0.25) is 48.4 Å². The second-order valence-corrected chi connectivity index (χ2v) is 31.7. The standard InChI is InChI=1S/C75H110N8O15S6/c1-10-16-40-92-59-53(27-30-56(62(59)95-43-19-13-4)68(88)81-36-46-102-72(81)99)65(85)76-34-35-80(50-52(26-24-39-84)79-67(87)55-29-32-58(70(90)83-38-48-104-74(83)101)64(97-45-21-15-6)61(55)94-42-18-12-3)49-51(25-22-23-33-77-71(91)98-75(7,8)9)78-66(86)54-28-31-57(69(89)82-37-47-103-73(82)100)63(96-44-20-14-5)60(54)93-41-17-11-2/h27-32,51-52,84H,10-26,33-50H2,1-9H3,(H,76,85)(H,77,91)(H,78,86)(H,79,87)/t51-,52-/m0/s1. The number of amides is 7. The van der Waals surface area contributed by atoms with E-state index in [1.807, 2.05) is 46.4 Å². The number of thioether (sulfide) groups is 3. The maximum atomic E-state index is 15.5. The summed E-state index contributed by atoms with van der Waals surface area (Å²) in [6.07, 6.45) is 9.93. The van der Waals surface area contributed by atoms with Gasteiger partial charge in [-0.1, -0.05) is 152 Å². The lowest BCUT2D eigenvalue weighted by Gasteiger charge is -2.32. The second kappa shape index (κ2) is 46.1.